The lowest BCUT2D eigenvalue weighted by Gasteiger charge is -2.51. The SMILES string of the molecule is CCc1ccc(C2(COS(C)(=O)=O)CC(N(Cc3ccc(OC)cc3)Cc3ccc(OC)cc3)C2)nc1OC. The average Bonchev–Trinajstić information content (AvgIpc) is 2.92. The quantitative estimate of drug-likeness (QED) is 0.280. The van der Waals surface area contributed by atoms with Gasteiger partial charge in [0.05, 0.1) is 39.9 Å². The summed E-state index contributed by atoms with van der Waals surface area (Å²) in [6.07, 6.45) is 3.29. The summed E-state index contributed by atoms with van der Waals surface area (Å²) in [4.78, 5) is 7.24. The molecule has 9 heteroatoms. The smallest absolute Gasteiger partial charge is 0.264 e. The maximum absolute atomic E-state index is 12.0. The Morgan fingerprint density at radius 3 is 1.82 bits per heavy atom. The molecular formula is C30H38N2O6S. The van der Waals surface area contributed by atoms with Gasteiger partial charge in [-0.3, -0.25) is 9.08 Å². The van der Waals surface area contributed by atoms with Gasteiger partial charge in [0, 0.05) is 30.1 Å². The lowest BCUT2D eigenvalue weighted by Crippen LogP contribution is -2.55. The van der Waals surface area contributed by atoms with Crippen molar-refractivity contribution in [1.29, 1.82) is 0 Å². The molecule has 3 aromatic rings. The van der Waals surface area contributed by atoms with Gasteiger partial charge in [-0.25, -0.2) is 4.98 Å². The molecule has 0 N–H and O–H groups in total. The molecule has 1 aromatic heterocycles. The van der Waals surface area contributed by atoms with Gasteiger partial charge in [0.2, 0.25) is 5.88 Å². The summed E-state index contributed by atoms with van der Waals surface area (Å²) in [5, 5.41) is 0. The fraction of sp³-hybridized carbons (Fsp3) is 0.433. The number of aromatic nitrogens is 1. The summed E-state index contributed by atoms with van der Waals surface area (Å²) >= 11 is 0. The topological polar surface area (TPSA) is 87.2 Å². The van der Waals surface area contributed by atoms with Crippen LogP contribution in [0.25, 0.3) is 0 Å². The van der Waals surface area contributed by atoms with Crippen LogP contribution in [-0.2, 0) is 39.2 Å². The lowest BCUT2D eigenvalue weighted by molar-refractivity contribution is 0.0134. The molecule has 210 valence electrons. The first kappa shape index (κ1) is 28.9. The van der Waals surface area contributed by atoms with Crippen molar-refractivity contribution >= 4 is 10.1 Å². The predicted molar refractivity (Wildman–Crippen MR) is 151 cm³/mol. The van der Waals surface area contributed by atoms with Crippen LogP contribution in [0.5, 0.6) is 17.4 Å². The maximum Gasteiger partial charge on any atom is 0.264 e. The van der Waals surface area contributed by atoms with Crippen LogP contribution in [0.1, 0.15) is 42.1 Å². The minimum atomic E-state index is -3.61. The van der Waals surface area contributed by atoms with Crippen molar-refractivity contribution < 1.29 is 26.8 Å². The van der Waals surface area contributed by atoms with E-state index in [2.05, 4.69) is 36.1 Å². The van der Waals surface area contributed by atoms with Crippen molar-refractivity contribution in [1.82, 2.24) is 9.88 Å². The van der Waals surface area contributed by atoms with Gasteiger partial charge in [-0.15, -0.1) is 0 Å². The summed E-state index contributed by atoms with van der Waals surface area (Å²) in [6.45, 7) is 3.56. The summed E-state index contributed by atoms with van der Waals surface area (Å²) in [5.41, 5.74) is 3.61. The van der Waals surface area contributed by atoms with E-state index in [4.69, 9.17) is 23.4 Å². The molecule has 0 aliphatic heterocycles. The number of hydrogen-bond acceptors (Lipinski definition) is 8. The van der Waals surface area contributed by atoms with Crippen molar-refractivity contribution in [2.75, 3.05) is 34.2 Å². The highest BCUT2D eigenvalue weighted by atomic mass is 32.2. The molecule has 0 amide bonds. The normalized spacial score (nSPS) is 19.0. The molecule has 0 unspecified atom stereocenters. The Kier molecular flexibility index (Phi) is 9.15. The molecule has 8 nitrogen and oxygen atoms in total. The zero-order chi connectivity index (χ0) is 28.0. The molecule has 1 saturated carbocycles. The van der Waals surface area contributed by atoms with Gasteiger partial charge in [-0.1, -0.05) is 37.3 Å². The Bertz CT molecular complexity index is 1290. The number of ether oxygens (including phenoxy) is 3. The first-order valence-electron chi connectivity index (χ1n) is 13.1. The Morgan fingerprint density at radius 2 is 1.38 bits per heavy atom. The largest absolute Gasteiger partial charge is 0.497 e. The second kappa shape index (κ2) is 12.4. The summed E-state index contributed by atoms with van der Waals surface area (Å²) < 4.78 is 45.6. The Labute approximate surface area is 232 Å². The van der Waals surface area contributed by atoms with Gasteiger partial charge in [0.25, 0.3) is 10.1 Å². The number of benzene rings is 2. The van der Waals surface area contributed by atoms with E-state index in [1.807, 2.05) is 36.4 Å². The van der Waals surface area contributed by atoms with E-state index in [0.29, 0.717) is 18.7 Å². The highest BCUT2D eigenvalue weighted by Crippen LogP contribution is 2.47. The predicted octanol–water partition coefficient (Wildman–Crippen LogP) is 4.75. The third-order valence-electron chi connectivity index (χ3n) is 7.46. The van der Waals surface area contributed by atoms with E-state index in [1.165, 1.54) is 11.1 Å². The van der Waals surface area contributed by atoms with E-state index in [-0.39, 0.29) is 12.6 Å². The third-order valence-corrected chi connectivity index (χ3v) is 8.01. The molecule has 1 aliphatic rings. The minimum absolute atomic E-state index is 0.0445. The molecule has 1 fully saturated rings. The average molecular weight is 555 g/mol. The molecule has 0 spiro atoms. The highest BCUT2D eigenvalue weighted by Gasteiger charge is 2.50. The van der Waals surface area contributed by atoms with Gasteiger partial charge in [0.15, 0.2) is 0 Å². The fourth-order valence-electron chi connectivity index (χ4n) is 5.18. The van der Waals surface area contributed by atoms with Crippen LogP contribution < -0.4 is 14.2 Å². The number of pyridine rings is 1. The standard InChI is InChI=1S/C30H38N2O6S/c1-6-24-11-16-28(31-29(24)37-4)30(21-38-39(5,33)34)17-25(18-30)32(19-22-7-12-26(35-2)13-8-22)20-23-9-14-27(36-3)15-10-23/h7-16,25H,6,17-21H2,1-5H3. The molecule has 0 bridgehead atoms. The van der Waals surface area contributed by atoms with Gasteiger partial charge in [0.1, 0.15) is 11.5 Å². The van der Waals surface area contributed by atoms with Crippen molar-refractivity contribution in [3.63, 3.8) is 0 Å². The zero-order valence-corrected chi connectivity index (χ0v) is 24.2. The van der Waals surface area contributed by atoms with E-state index >= 15 is 0 Å². The zero-order valence-electron chi connectivity index (χ0n) is 23.3. The molecule has 2 aromatic carbocycles. The van der Waals surface area contributed by atoms with Gasteiger partial charge >= 0.3 is 0 Å². The van der Waals surface area contributed by atoms with Crippen LogP contribution >= 0.6 is 0 Å². The maximum atomic E-state index is 12.0. The van der Waals surface area contributed by atoms with Crippen LogP contribution in [0.15, 0.2) is 60.7 Å². The number of methoxy groups -OCH3 is 3. The van der Waals surface area contributed by atoms with E-state index < -0.39 is 15.5 Å². The third kappa shape index (κ3) is 7.09. The molecule has 0 radical (unpaired) electrons. The Balaban J connectivity index is 1.62. The summed E-state index contributed by atoms with van der Waals surface area (Å²) in [7, 11) is 1.32. The van der Waals surface area contributed by atoms with Gasteiger partial charge in [-0.05, 0) is 60.7 Å². The van der Waals surface area contributed by atoms with E-state index in [1.54, 1.807) is 21.3 Å². The molecule has 0 atom stereocenters. The Hall–Kier alpha value is -3.14. The fourth-order valence-corrected chi connectivity index (χ4v) is 5.62. The number of nitrogens with zero attached hydrogens (tertiary/aromatic N) is 2. The summed E-state index contributed by atoms with van der Waals surface area (Å²) in [6, 6.07) is 20.4. The first-order chi connectivity index (χ1) is 18.7. The van der Waals surface area contributed by atoms with E-state index in [9.17, 15) is 8.42 Å². The molecule has 39 heavy (non-hydrogen) atoms. The van der Waals surface area contributed by atoms with Gasteiger partial charge < -0.3 is 14.2 Å². The second-order valence-electron chi connectivity index (χ2n) is 10.1. The van der Waals surface area contributed by atoms with Crippen LogP contribution in [0.3, 0.4) is 0 Å². The number of rotatable bonds is 13. The molecule has 4 rings (SSSR count). The van der Waals surface area contributed by atoms with Crippen LogP contribution in [0.2, 0.25) is 0 Å². The van der Waals surface area contributed by atoms with Crippen molar-refractivity contribution in [3.8, 4) is 17.4 Å². The molecular weight excluding hydrogens is 516 g/mol. The molecule has 1 heterocycles. The lowest BCUT2D eigenvalue weighted by atomic mass is 9.63. The number of hydrogen-bond donors (Lipinski definition) is 0. The Morgan fingerprint density at radius 1 is 0.846 bits per heavy atom. The van der Waals surface area contributed by atoms with Crippen LogP contribution in [-0.4, -0.2) is 58.5 Å². The molecule has 1 aliphatic carbocycles. The monoisotopic (exact) mass is 554 g/mol. The van der Waals surface area contributed by atoms with Crippen LogP contribution in [0.4, 0.5) is 0 Å². The summed E-state index contributed by atoms with van der Waals surface area (Å²) in [5.74, 6) is 2.21. The van der Waals surface area contributed by atoms with Crippen molar-refractivity contribution in [2.45, 2.75) is 50.7 Å². The molecule has 0 saturated heterocycles. The number of aryl methyl sites for hydroxylation is 1. The minimum Gasteiger partial charge on any atom is -0.497 e. The van der Waals surface area contributed by atoms with Crippen molar-refractivity contribution in [2.24, 2.45) is 0 Å². The highest BCUT2D eigenvalue weighted by molar-refractivity contribution is 7.85. The van der Waals surface area contributed by atoms with Gasteiger partial charge in [-0.2, -0.15) is 8.42 Å². The van der Waals surface area contributed by atoms with E-state index in [0.717, 1.165) is 48.5 Å². The first-order valence-corrected chi connectivity index (χ1v) is 14.9. The van der Waals surface area contributed by atoms with Crippen LogP contribution in [0, 0.1) is 0 Å². The van der Waals surface area contributed by atoms with Crippen molar-refractivity contribution in [3.05, 3.63) is 83.0 Å². The second-order valence-corrected chi connectivity index (χ2v) is 11.8.